The number of methoxy groups -OCH3 is 1. The van der Waals surface area contributed by atoms with Gasteiger partial charge in [0.05, 0.1) is 46.9 Å². The lowest BCUT2D eigenvalue weighted by atomic mass is 9.91. The molecule has 0 radical (unpaired) electrons. The van der Waals surface area contributed by atoms with E-state index >= 15 is 0 Å². The normalized spacial score (nSPS) is 16.8. The fourth-order valence-electron chi connectivity index (χ4n) is 5.45. The van der Waals surface area contributed by atoms with Crippen LogP contribution in [0, 0.1) is 0 Å². The van der Waals surface area contributed by atoms with E-state index < -0.39 is 17.9 Å². The average Bonchev–Trinajstić information content (AvgIpc) is 3.35. The Bertz CT molecular complexity index is 1430. The van der Waals surface area contributed by atoms with E-state index in [9.17, 15) is 14.4 Å². The van der Waals surface area contributed by atoms with Crippen LogP contribution in [-0.4, -0.2) is 50.7 Å². The summed E-state index contributed by atoms with van der Waals surface area (Å²) in [6.07, 6.45) is 1.56. The number of aryl methyl sites for hydroxylation is 1. The van der Waals surface area contributed by atoms with Gasteiger partial charge >= 0.3 is 12.0 Å². The fraction of sp³-hybridized carbons (Fsp3) is 0.323. The van der Waals surface area contributed by atoms with Crippen LogP contribution in [0.15, 0.2) is 66.7 Å². The van der Waals surface area contributed by atoms with E-state index in [4.69, 9.17) is 27.9 Å². The van der Waals surface area contributed by atoms with Crippen molar-refractivity contribution in [3.8, 4) is 0 Å². The predicted octanol–water partition coefficient (Wildman–Crippen LogP) is 5.25. The molecule has 1 unspecified atom stereocenters. The topological polar surface area (TPSA) is 99.8 Å². The number of carbonyl (C=O) groups excluding carboxylic acids is 3. The number of urea groups is 1. The van der Waals surface area contributed by atoms with Gasteiger partial charge in [-0.25, -0.2) is 4.79 Å². The summed E-state index contributed by atoms with van der Waals surface area (Å²) in [6, 6.07) is 20.5. The number of amides is 3. The van der Waals surface area contributed by atoms with Crippen LogP contribution < -0.4 is 20.9 Å². The first-order valence-corrected chi connectivity index (χ1v) is 14.4. The molecule has 10 heteroatoms. The van der Waals surface area contributed by atoms with Gasteiger partial charge in [0, 0.05) is 25.6 Å². The number of benzene rings is 3. The van der Waals surface area contributed by atoms with Crippen molar-refractivity contribution in [2.24, 2.45) is 0 Å². The zero-order valence-corrected chi connectivity index (χ0v) is 24.2. The number of hydrogen-bond donors (Lipinski definition) is 3. The molecule has 5 rings (SSSR count). The highest BCUT2D eigenvalue weighted by molar-refractivity contribution is 6.41. The summed E-state index contributed by atoms with van der Waals surface area (Å²) in [5.74, 6) is -0.692. The van der Waals surface area contributed by atoms with Gasteiger partial charge < -0.3 is 25.6 Å². The third kappa shape index (κ3) is 6.60. The maximum atomic E-state index is 13.4. The predicted molar refractivity (Wildman–Crippen MR) is 160 cm³/mol. The smallest absolute Gasteiger partial charge is 0.315 e. The number of halogens is 2. The zero-order valence-electron chi connectivity index (χ0n) is 22.7. The number of fused-ring (bicyclic) bond motifs is 1. The lowest BCUT2D eigenvalue weighted by molar-refractivity contribution is -0.141. The molecule has 0 spiro atoms. The minimum Gasteiger partial charge on any atom is -0.469 e. The van der Waals surface area contributed by atoms with E-state index in [2.05, 4.69) is 39.0 Å². The molecule has 214 valence electrons. The van der Waals surface area contributed by atoms with Crippen LogP contribution in [0.3, 0.4) is 0 Å². The number of anilines is 1. The molecule has 0 saturated carbocycles. The highest BCUT2D eigenvalue weighted by Crippen LogP contribution is 2.39. The first-order chi connectivity index (χ1) is 19.8. The second-order valence-corrected chi connectivity index (χ2v) is 11.1. The number of hydrogen-bond acceptors (Lipinski definition) is 5. The van der Waals surface area contributed by atoms with Crippen molar-refractivity contribution in [2.45, 2.75) is 37.3 Å². The van der Waals surface area contributed by atoms with Gasteiger partial charge in [-0.15, -0.1) is 0 Å². The third-order valence-electron chi connectivity index (χ3n) is 7.71. The molecule has 1 saturated heterocycles. The zero-order chi connectivity index (χ0) is 28.9. The SMILES string of the molecule is COC(=O)CC(CNC(=O)N[C@@H]1CCc2ccccc21)NC(=O)c1c(Cl)ccc(N2CC(c3ccccc3)C2)c1Cl. The first-order valence-electron chi connectivity index (χ1n) is 13.6. The lowest BCUT2D eigenvalue weighted by Crippen LogP contribution is -2.48. The summed E-state index contributed by atoms with van der Waals surface area (Å²) >= 11 is 13.2. The largest absolute Gasteiger partial charge is 0.469 e. The van der Waals surface area contributed by atoms with Crippen LogP contribution in [0.1, 0.15) is 51.8 Å². The molecule has 0 aromatic heterocycles. The van der Waals surface area contributed by atoms with E-state index in [-0.39, 0.29) is 40.6 Å². The van der Waals surface area contributed by atoms with Gasteiger partial charge in [0.1, 0.15) is 0 Å². The highest BCUT2D eigenvalue weighted by atomic mass is 35.5. The standard InChI is InChI=1S/C31H32Cl2N4O4/c1-41-27(38)15-22(16-34-31(40)36-25-13-11-20-9-5-6-10-23(20)25)35-30(39)28-24(32)12-14-26(29(28)33)37-17-21(18-37)19-7-3-2-4-8-19/h2-10,12,14,21-22,25H,11,13,15-18H2,1H3,(H,35,39)(H2,34,36,40)/t22?,25-/m1/s1. The molecule has 2 atom stereocenters. The molecule has 3 aromatic rings. The van der Waals surface area contributed by atoms with Gasteiger partial charge in [-0.1, -0.05) is 77.8 Å². The van der Waals surface area contributed by atoms with E-state index in [1.54, 1.807) is 6.07 Å². The maximum absolute atomic E-state index is 13.4. The van der Waals surface area contributed by atoms with E-state index in [1.807, 2.05) is 42.5 Å². The second-order valence-electron chi connectivity index (χ2n) is 10.4. The Morgan fingerprint density at radius 2 is 1.73 bits per heavy atom. The highest BCUT2D eigenvalue weighted by Gasteiger charge is 2.32. The van der Waals surface area contributed by atoms with Crippen molar-refractivity contribution in [1.82, 2.24) is 16.0 Å². The van der Waals surface area contributed by atoms with Crippen molar-refractivity contribution in [3.05, 3.63) is 99.0 Å². The van der Waals surface area contributed by atoms with Crippen LogP contribution in [0.2, 0.25) is 10.0 Å². The average molecular weight is 596 g/mol. The van der Waals surface area contributed by atoms with Gasteiger partial charge in [0.2, 0.25) is 0 Å². The van der Waals surface area contributed by atoms with Crippen molar-refractivity contribution < 1.29 is 19.1 Å². The monoisotopic (exact) mass is 594 g/mol. The van der Waals surface area contributed by atoms with Crippen molar-refractivity contribution in [2.75, 3.05) is 31.6 Å². The van der Waals surface area contributed by atoms with E-state index in [1.165, 1.54) is 18.2 Å². The minimum absolute atomic E-state index is 0.000843. The molecular formula is C31H32Cl2N4O4. The van der Waals surface area contributed by atoms with Crippen molar-refractivity contribution >= 4 is 46.8 Å². The van der Waals surface area contributed by atoms with E-state index in [0.29, 0.717) is 11.6 Å². The van der Waals surface area contributed by atoms with Gasteiger partial charge in [-0.2, -0.15) is 0 Å². The molecule has 3 amide bonds. The van der Waals surface area contributed by atoms with Gasteiger partial charge in [0.25, 0.3) is 5.91 Å². The minimum atomic E-state index is -0.751. The lowest BCUT2D eigenvalue weighted by Gasteiger charge is -2.42. The summed E-state index contributed by atoms with van der Waals surface area (Å²) < 4.78 is 4.81. The van der Waals surface area contributed by atoms with Gasteiger partial charge in [-0.05, 0) is 41.7 Å². The molecule has 8 nitrogen and oxygen atoms in total. The van der Waals surface area contributed by atoms with Gasteiger partial charge in [0.15, 0.2) is 0 Å². The molecule has 3 aromatic carbocycles. The van der Waals surface area contributed by atoms with Crippen LogP contribution in [0.4, 0.5) is 10.5 Å². The third-order valence-corrected chi connectivity index (χ3v) is 8.41. The number of nitrogens with one attached hydrogen (secondary N) is 3. The Kier molecular flexibility index (Phi) is 9.00. The summed E-state index contributed by atoms with van der Waals surface area (Å²) in [4.78, 5) is 40.4. The fourth-order valence-corrected chi connectivity index (χ4v) is 6.12. The Morgan fingerprint density at radius 1 is 1.00 bits per heavy atom. The molecule has 2 aliphatic rings. The molecule has 3 N–H and O–H groups in total. The second kappa shape index (κ2) is 12.8. The quantitative estimate of drug-likeness (QED) is 0.294. The van der Waals surface area contributed by atoms with Crippen LogP contribution >= 0.6 is 23.2 Å². The van der Waals surface area contributed by atoms with Crippen molar-refractivity contribution in [1.29, 1.82) is 0 Å². The molecule has 1 fully saturated rings. The Morgan fingerprint density at radius 3 is 2.49 bits per heavy atom. The van der Waals surface area contributed by atoms with Crippen LogP contribution in [-0.2, 0) is 16.0 Å². The summed E-state index contributed by atoms with van der Waals surface area (Å²) in [5.41, 5.74) is 4.41. The number of nitrogens with zero attached hydrogens (tertiary/aromatic N) is 1. The number of ether oxygens (including phenoxy) is 1. The molecule has 0 bridgehead atoms. The molecule has 1 heterocycles. The number of rotatable bonds is 9. The van der Waals surface area contributed by atoms with E-state index in [0.717, 1.165) is 31.5 Å². The molecule has 41 heavy (non-hydrogen) atoms. The summed E-state index contributed by atoms with van der Waals surface area (Å²) in [6.45, 7) is 1.53. The van der Waals surface area contributed by atoms with Crippen LogP contribution in [0.25, 0.3) is 0 Å². The Hall–Kier alpha value is -3.75. The molecule has 1 aliphatic carbocycles. The van der Waals surface area contributed by atoms with Crippen LogP contribution in [0.5, 0.6) is 0 Å². The Labute approximate surface area is 249 Å². The molecule has 1 aliphatic heterocycles. The summed E-state index contributed by atoms with van der Waals surface area (Å²) in [5, 5.41) is 9.00. The van der Waals surface area contributed by atoms with Crippen molar-refractivity contribution in [3.63, 3.8) is 0 Å². The number of carbonyl (C=O) groups is 3. The van der Waals surface area contributed by atoms with Gasteiger partial charge in [-0.3, -0.25) is 9.59 Å². The maximum Gasteiger partial charge on any atom is 0.315 e. The Balaban J connectivity index is 1.23. The first kappa shape index (κ1) is 28.8. The summed E-state index contributed by atoms with van der Waals surface area (Å²) in [7, 11) is 1.27. The molecular weight excluding hydrogens is 563 g/mol. The number of esters is 1.